The lowest BCUT2D eigenvalue weighted by Gasteiger charge is -2.13. The van der Waals surface area contributed by atoms with Crippen molar-refractivity contribution in [2.45, 2.75) is 29.6 Å². The summed E-state index contributed by atoms with van der Waals surface area (Å²) in [6, 6.07) is 31.1. The Bertz CT molecular complexity index is 3440. The van der Waals surface area contributed by atoms with Gasteiger partial charge in [0.05, 0.1) is 41.4 Å². The van der Waals surface area contributed by atoms with Crippen molar-refractivity contribution >= 4 is 97.6 Å². The van der Waals surface area contributed by atoms with Gasteiger partial charge in [-0.1, -0.05) is 0 Å². The van der Waals surface area contributed by atoms with Crippen LogP contribution in [0.4, 0.5) is 39.8 Å². The molecule has 0 saturated carbocycles. The molecule has 0 spiro atoms. The third kappa shape index (κ3) is 12.1. The number of anilines is 3. The summed E-state index contributed by atoms with van der Waals surface area (Å²) in [7, 11) is -12.1. The van der Waals surface area contributed by atoms with Crippen molar-refractivity contribution in [2.24, 2.45) is 20.5 Å². The van der Waals surface area contributed by atoms with Gasteiger partial charge in [0.25, 0.3) is 36.3 Å². The van der Waals surface area contributed by atoms with Gasteiger partial charge in [0.15, 0.2) is 5.75 Å². The average Bonchev–Trinajstić information content (AvgIpc) is 3.27. The highest BCUT2D eigenvalue weighted by molar-refractivity contribution is 7.86. The Balaban J connectivity index is 1.02. The molecule has 7 aromatic rings. The van der Waals surface area contributed by atoms with Crippen LogP contribution in [0.3, 0.4) is 0 Å². The van der Waals surface area contributed by atoms with Gasteiger partial charge in [-0.2, -0.15) is 40.6 Å². The first-order valence-corrected chi connectivity index (χ1v) is 24.4. The summed E-state index contributed by atoms with van der Waals surface area (Å²) < 4.78 is 111. The maximum absolute atomic E-state index is 13.3. The van der Waals surface area contributed by atoms with Gasteiger partial charge in [-0.15, -0.1) is 5.11 Å². The summed E-state index contributed by atoms with van der Waals surface area (Å²) in [5.74, 6) is -0.698. The van der Waals surface area contributed by atoms with E-state index in [4.69, 9.17) is 14.0 Å². The topological polar surface area (TPSA) is 292 Å². The zero-order valence-corrected chi connectivity index (χ0v) is 37.8. The van der Waals surface area contributed by atoms with Gasteiger partial charge in [0.2, 0.25) is 0 Å². The summed E-state index contributed by atoms with van der Waals surface area (Å²) >= 11 is 0. The minimum Gasteiger partial charge on any atom is -0.505 e. The molecule has 0 fully saturated rings. The fraction of sp³-hybridized carbons (Fsp3) is 0.133. The molecular formula is C45H40N6O13S3. The summed E-state index contributed by atoms with van der Waals surface area (Å²) in [6.07, 6.45) is 0.328. The molecule has 0 aliphatic heterocycles. The number of aryl methyl sites for hydroxylation is 1. The van der Waals surface area contributed by atoms with Crippen molar-refractivity contribution in [2.75, 3.05) is 30.1 Å². The number of hydrogen-bond acceptors (Lipinski definition) is 15. The van der Waals surface area contributed by atoms with Gasteiger partial charge in [-0.05, 0) is 151 Å². The van der Waals surface area contributed by atoms with E-state index in [0.717, 1.165) is 11.8 Å². The molecular weight excluding hydrogens is 929 g/mol. The average molecular weight is 969 g/mol. The van der Waals surface area contributed by atoms with Crippen molar-refractivity contribution in [3.63, 3.8) is 0 Å². The molecule has 0 aliphatic carbocycles. The molecule has 7 aromatic carbocycles. The second-order valence-corrected chi connectivity index (χ2v) is 19.3. The molecule has 7 rings (SSSR count). The van der Waals surface area contributed by atoms with Crippen LogP contribution in [0.15, 0.2) is 152 Å². The molecule has 67 heavy (non-hydrogen) atoms. The summed E-state index contributed by atoms with van der Waals surface area (Å²) in [5.41, 5.74) is 3.15. The molecule has 346 valence electrons. The Morgan fingerprint density at radius 3 is 1.91 bits per heavy atom. The van der Waals surface area contributed by atoms with Crippen LogP contribution in [0.1, 0.15) is 28.8 Å². The van der Waals surface area contributed by atoms with Crippen LogP contribution in [-0.4, -0.2) is 69.4 Å². The number of aromatic hydroxyl groups is 1. The molecule has 0 heterocycles. The van der Waals surface area contributed by atoms with Crippen molar-refractivity contribution < 1.29 is 58.3 Å². The van der Waals surface area contributed by atoms with Crippen LogP contribution in [0.25, 0.3) is 21.5 Å². The maximum Gasteiger partial charge on any atom is 0.296 e. The van der Waals surface area contributed by atoms with Gasteiger partial charge in [0.1, 0.15) is 22.1 Å². The molecule has 0 atom stereocenters. The van der Waals surface area contributed by atoms with Crippen LogP contribution in [0, 0.1) is 6.92 Å². The summed E-state index contributed by atoms with van der Waals surface area (Å²) in [4.78, 5) is 12.2. The number of unbranched alkanes of at least 4 members (excludes halogenated alkanes) is 1. The van der Waals surface area contributed by atoms with Crippen molar-refractivity contribution in [3.8, 4) is 17.2 Å². The van der Waals surface area contributed by atoms with E-state index in [1.807, 2.05) is 0 Å². The predicted molar refractivity (Wildman–Crippen MR) is 251 cm³/mol. The lowest BCUT2D eigenvalue weighted by molar-refractivity contribution is 0.102. The largest absolute Gasteiger partial charge is 0.505 e. The Kier molecular flexibility index (Phi) is 14.0. The number of ether oxygens (including phenoxy) is 2. The molecule has 19 nitrogen and oxygen atoms in total. The van der Waals surface area contributed by atoms with E-state index in [-0.39, 0.29) is 41.8 Å². The first kappa shape index (κ1) is 47.6. The molecule has 0 aliphatic rings. The number of fused-ring (bicyclic) bond motifs is 2. The van der Waals surface area contributed by atoms with Crippen LogP contribution in [0.5, 0.6) is 17.2 Å². The number of phenolic OH excluding ortho intramolecular Hbond substituents is 1. The standard InChI is InChI=1S/C45H40N6O13S3/c1-27-21-28(45(53)47-35-12-16-38-29(22-35)24-37(66(57,58)59)26-41(38)64-19-3-4-20-65(54,55)56)5-18-40(27)50-48-32-6-8-33(9-7-32)49-51-43-42(67(60,61)62)25-30-23-34(13-17-39(30)44(43)52)46-31-10-14-36(63-2)15-11-31/h5-18,21-26,46,52H,3-4,19-20H2,1-2H3,(H,47,53)(H,54,55,56)(H,57,58,59)(H,60,61,62). The third-order valence-electron chi connectivity index (χ3n) is 10.1. The van der Waals surface area contributed by atoms with E-state index in [0.29, 0.717) is 50.2 Å². The van der Waals surface area contributed by atoms with E-state index in [1.54, 1.807) is 92.9 Å². The molecule has 0 bridgehead atoms. The zero-order chi connectivity index (χ0) is 48.1. The Morgan fingerprint density at radius 1 is 0.642 bits per heavy atom. The third-order valence-corrected chi connectivity index (χ3v) is 12.6. The second kappa shape index (κ2) is 19.6. The first-order chi connectivity index (χ1) is 31.7. The van der Waals surface area contributed by atoms with E-state index < -0.39 is 63.2 Å². The predicted octanol–water partition coefficient (Wildman–Crippen LogP) is 10.4. The smallest absolute Gasteiger partial charge is 0.296 e. The highest BCUT2D eigenvalue weighted by atomic mass is 32.2. The normalized spacial score (nSPS) is 12.3. The number of amides is 1. The van der Waals surface area contributed by atoms with Gasteiger partial charge in [0, 0.05) is 39.5 Å². The minimum atomic E-state index is -4.86. The SMILES string of the molecule is COc1ccc(Nc2ccc3c(O)c(N=Nc4ccc(N=Nc5ccc(C(=O)Nc6ccc7c(OCCCCS(=O)(=O)O)cc(S(=O)(=O)O)cc7c6)cc5C)cc4)c(S(=O)(=O)O)cc3c2)cc1. The molecule has 0 aromatic heterocycles. The quantitative estimate of drug-likeness (QED) is 0.0281. The minimum absolute atomic E-state index is 0.00881. The highest BCUT2D eigenvalue weighted by Crippen LogP contribution is 2.42. The number of rotatable bonds is 17. The van der Waals surface area contributed by atoms with E-state index in [1.165, 1.54) is 36.4 Å². The number of methoxy groups -OCH3 is 1. The maximum atomic E-state index is 13.3. The van der Waals surface area contributed by atoms with E-state index in [2.05, 4.69) is 31.1 Å². The number of carbonyl (C=O) groups is 1. The number of azo groups is 2. The number of carbonyl (C=O) groups excluding carboxylic acids is 1. The van der Waals surface area contributed by atoms with Gasteiger partial charge < -0.3 is 25.2 Å². The number of phenols is 1. The number of hydrogen-bond donors (Lipinski definition) is 6. The Labute approximate surface area is 384 Å². The van der Waals surface area contributed by atoms with E-state index in [9.17, 15) is 44.3 Å². The number of nitrogens with zero attached hydrogens (tertiary/aromatic N) is 4. The van der Waals surface area contributed by atoms with Gasteiger partial charge in [-0.3, -0.25) is 18.5 Å². The van der Waals surface area contributed by atoms with E-state index >= 15 is 0 Å². The second-order valence-electron chi connectivity index (χ2n) is 14.9. The number of benzene rings is 7. The highest BCUT2D eigenvalue weighted by Gasteiger charge is 2.23. The fourth-order valence-corrected chi connectivity index (χ4v) is 8.46. The monoisotopic (exact) mass is 968 g/mol. The lowest BCUT2D eigenvalue weighted by atomic mass is 10.1. The van der Waals surface area contributed by atoms with Gasteiger partial charge >= 0.3 is 0 Å². The summed E-state index contributed by atoms with van der Waals surface area (Å²) in [6.45, 7) is 1.72. The van der Waals surface area contributed by atoms with Crippen molar-refractivity contribution in [1.29, 1.82) is 0 Å². The lowest BCUT2D eigenvalue weighted by Crippen LogP contribution is -2.12. The summed E-state index contributed by atoms with van der Waals surface area (Å²) in [5, 5.41) is 35.1. The van der Waals surface area contributed by atoms with Crippen LogP contribution >= 0.6 is 0 Å². The molecule has 0 unspecified atom stereocenters. The van der Waals surface area contributed by atoms with Gasteiger partial charge in [-0.25, -0.2) is 0 Å². The molecule has 0 saturated heterocycles. The zero-order valence-electron chi connectivity index (χ0n) is 35.4. The van der Waals surface area contributed by atoms with Crippen molar-refractivity contribution in [1.82, 2.24) is 0 Å². The molecule has 0 radical (unpaired) electrons. The van der Waals surface area contributed by atoms with Crippen molar-refractivity contribution in [3.05, 3.63) is 132 Å². The Hall–Kier alpha value is -7.34. The number of nitrogens with one attached hydrogen (secondary N) is 2. The molecule has 22 heteroatoms. The van der Waals surface area contributed by atoms with Crippen LogP contribution < -0.4 is 20.1 Å². The molecule has 6 N–H and O–H groups in total. The Morgan fingerprint density at radius 2 is 1.27 bits per heavy atom. The fourth-order valence-electron chi connectivity index (χ4n) is 6.70. The first-order valence-electron chi connectivity index (χ1n) is 19.9. The van der Waals surface area contributed by atoms with Crippen LogP contribution in [-0.2, 0) is 30.4 Å². The molecule has 1 amide bonds. The van der Waals surface area contributed by atoms with Crippen LogP contribution in [0.2, 0.25) is 0 Å².